The molecule has 0 N–H and O–H groups in total. The highest BCUT2D eigenvalue weighted by Crippen LogP contribution is 2.64. The summed E-state index contributed by atoms with van der Waals surface area (Å²) in [6.45, 7) is 4.61. The zero-order valence-electron chi connectivity index (χ0n) is 46.5. The third kappa shape index (κ3) is 6.61. The second-order valence-electron chi connectivity index (χ2n) is 24.0. The lowest BCUT2D eigenvalue weighted by Gasteiger charge is -2.30. The van der Waals surface area contributed by atoms with E-state index in [-0.39, 0.29) is 16.2 Å². The van der Waals surface area contributed by atoms with E-state index in [0.717, 1.165) is 0 Å². The molecule has 0 heterocycles. The Morgan fingerprint density at radius 3 is 0.537 bits per heavy atom. The summed E-state index contributed by atoms with van der Waals surface area (Å²) in [5, 5.41) is 0. The summed E-state index contributed by atoms with van der Waals surface area (Å²) >= 11 is 0. The lowest BCUT2D eigenvalue weighted by atomic mass is 9.70. The maximum Gasteiger partial charge on any atom is 0.0725 e. The van der Waals surface area contributed by atoms with Crippen molar-refractivity contribution >= 4 is 0 Å². The van der Waals surface area contributed by atoms with Gasteiger partial charge >= 0.3 is 0 Å². The van der Waals surface area contributed by atoms with Gasteiger partial charge in [-0.25, -0.2) is 0 Å². The first kappa shape index (κ1) is 48.5. The molecule has 0 aliphatic heterocycles. The van der Waals surface area contributed by atoms with Gasteiger partial charge in [-0.2, -0.15) is 0 Å². The van der Waals surface area contributed by atoms with Gasteiger partial charge < -0.3 is 0 Å². The van der Waals surface area contributed by atoms with Gasteiger partial charge in [-0.15, -0.1) is 0 Å². The number of fused-ring (bicyclic) bond motifs is 28. The van der Waals surface area contributed by atoms with E-state index in [9.17, 15) is 0 Å². The second-order valence-corrected chi connectivity index (χ2v) is 24.0. The van der Waals surface area contributed by atoms with Crippen molar-refractivity contribution in [1.82, 2.24) is 0 Å². The normalized spacial score (nSPS) is 15.9. The molecule has 0 unspecified atom stereocenters. The van der Waals surface area contributed by atoms with Gasteiger partial charge in [0.1, 0.15) is 0 Å². The van der Waals surface area contributed by atoms with Crippen LogP contribution in [0.15, 0.2) is 291 Å². The Hall–Kier alpha value is -9.36. The zero-order valence-corrected chi connectivity index (χ0v) is 46.5. The predicted molar refractivity (Wildman–Crippen MR) is 341 cm³/mol. The molecule has 1 saturated carbocycles. The second kappa shape index (κ2) is 18.6. The Morgan fingerprint density at radius 1 is 0.183 bits per heavy atom. The summed E-state index contributed by atoms with van der Waals surface area (Å²) in [5.41, 5.74) is 34.2. The van der Waals surface area contributed by atoms with Crippen LogP contribution in [0.25, 0.3) is 66.8 Å². The molecule has 82 heavy (non-hydrogen) atoms. The molecule has 0 radical (unpaired) electrons. The number of benzene rings is 12. The van der Waals surface area contributed by atoms with E-state index < -0.39 is 0 Å². The minimum Gasteiger partial charge on any atom is -0.0619 e. The molecule has 19 rings (SSSR count). The largest absolute Gasteiger partial charge is 0.0725 e. The van der Waals surface area contributed by atoms with Crippen LogP contribution in [0.2, 0.25) is 0 Å². The molecule has 0 saturated heterocycles. The Kier molecular flexibility index (Phi) is 11.0. The molecule has 0 atom stereocenters. The van der Waals surface area contributed by atoms with Crippen LogP contribution < -0.4 is 0 Å². The molecule has 0 amide bonds. The fraction of sp³-hybridized carbons (Fsp3) is 0.122. The van der Waals surface area contributed by atoms with E-state index >= 15 is 0 Å². The predicted octanol–water partition coefficient (Wildman–Crippen LogP) is 20.6. The summed E-state index contributed by atoms with van der Waals surface area (Å²) in [4.78, 5) is 0. The van der Waals surface area contributed by atoms with Gasteiger partial charge in [0.05, 0.1) is 10.8 Å². The third-order valence-electron chi connectivity index (χ3n) is 19.9. The lowest BCUT2D eigenvalue weighted by molar-refractivity contribution is 0.550. The van der Waals surface area contributed by atoms with Crippen molar-refractivity contribution in [2.75, 3.05) is 0 Å². The first-order valence-corrected chi connectivity index (χ1v) is 29.6. The van der Waals surface area contributed by atoms with Crippen molar-refractivity contribution < 1.29 is 0 Å². The lowest BCUT2D eigenvalue weighted by Crippen LogP contribution is -2.25. The topological polar surface area (TPSA) is 0 Å². The minimum absolute atomic E-state index is 0.160. The Balaban J connectivity index is 0.0000000921. The van der Waals surface area contributed by atoms with Crippen molar-refractivity contribution in [3.63, 3.8) is 0 Å². The van der Waals surface area contributed by atoms with Crippen LogP contribution in [0, 0.1) is 0 Å². The highest BCUT2D eigenvalue weighted by Gasteiger charge is 2.53. The maximum atomic E-state index is 2.35. The average molecular weight is 1050 g/mol. The fourth-order valence-electron chi connectivity index (χ4n) is 16.7. The van der Waals surface area contributed by atoms with Crippen molar-refractivity contribution in [2.45, 2.75) is 61.2 Å². The van der Waals surface area contributed by atoms with Crippen LogP contribution in [0.5, 0.6) is 0 Å². The van der Waals surface area contributed by atoms with Crippen LogP contribution in [0.4, 0.5) is 0 Å². The van der Waals surface area contributed by atoms with Crippen molar-refractivity contribution in [1.29, 1.82) is 0 Å². The van der Waals surface area contributed by atoms with Crippen LogP contribution >= 0.6 is 0 Å². The molecule has 12 aromatic carbocycles. The van der Waals surface area contributed by atoms with Gasteiger partial charge in [-0.1, -0.05) is 318 Å². The van der Waals surface area contributed by atoms with Crippen LogP contribution in [0.1, 0.15) is 106 Å². The smallest absolute Gasteiger partial charge is 0.0619 e. The summed E-state index contributed by atoms with van der Waals surface area (Å²) in [5.74, 6) is 0. The SMILES string of the molecule is CC1(C)c2ccccc2-c2ccccc21.c1ccc2c(c1)-c1ccccc1C21CCCC1.c1ccc2c(c1)-c1ccccc1C21c2ccccc2-c2ccccc21.c1ccc2c(c1)-c1ccccc1C21c2ccccc2-c2ccccc21. The van der Waals surface area contributed by atoms with Gasteiger partial charge in [0.25, 0.3) is 0 Å². The van der Waals surface area contributed by atoms with E-state index in [4.69, 9.17) is 0 Å². The molecule has 0 heteroatoms. The van der Waals surface area contributed by atoms with E-state index in [0.29, 0.717) is 5.41 Å². The van der Waals surface area contributed by atoms with Crippen LogP contribution in [-0.2, 0) is 21.7 Å². The van der Waals surface area contributed by atoms with Gasteiger partial charge in [0, 0.05) is 10.8 Å². The molecular formula is C82H62. The summed E-state index contributed by atoms with van der Waals surface area (Å²) in [7, 11) is 0. The highest BCUT2D eigenvalue weighted by atomic mass is 14.5. The van der Waals surface area contributed by atoms with E-state index in [1.165, 1.54) is 148 Å². The summed E-state index contributed by atoms with van der Waals surface area (Å²) in [6, 6.07) is 107. The molecule has 0 bridgehead atoms. The van der Waals surface area contributed by atoms with Gasteiger partial charge in [-0.3, -0.25) is 0 Å². The van der Waals surface area contributed by atoms with Gasteiger partial charge in [0.2, 0.25) is 0 Å². The molecule has 0 nitrogen and oxygen atoms in total. The fourth-order valence-corrected chi connectivity index (χ4v) is 16.7. The van der Waals surface area contributed by atoms with Crippen molar-refractivity contribution in [3.05, 3.63) is 358 Å². The third-order valence-corrected chi connectivity index (χ3v) is 19.9. The van der Waals surface area contributed by atoms with Crippen molar-refractivity contribution in [3.8, 4) is 66.8 Å². The zero-order chi connectivity index (χ0) is 54.6. The molecular weight excluding hydrogens is 985 g/mol. The molecule has 3 spiro atoms. The first-order valence-electron chi connectivity index (χ1n) is 29.6. The standard InChI is InChI=1S/2C25H16.C17H16.C15H14/c2*1-5-13-21-17(9-1)18-10-2-6-14-22(18)25(21)23-15-7-3-11-19(23)20-12-4-8-16-24(20)25;1-3-9-15-13(7-1)14-8-2-4-10-16(14)17(15)11-5-6-12-17;1-15(2)13-9-5-3-7-11(13)12-8-4-6-10-14(12)15/h2*1-16H;1-4,7-10H,5-6,11-12H2;3-10H,1-2H3. The Morgan fingerprint density at radius 2 is 0.329 bits per heavy atom. The molecule has 1 fully saturated rings. The highest BCUT2D eigenvalue weighted by molar-refractivity contribution is 5.96. The average Bonchev–Trinajstić information content (AvgIpc) is 2.82. The van der Waals surface area contributed by atoms with Crippen LogP contribution in [-0.4, -0.2) is 0 Å². The minimum atomic E-state index is -0.180. The molecule has 7 aliphatic rings. The molecule has 12 aromatic rings. The molecule has 7 aliphatic carbocycles. The van der Waals surface area contributed by atoms with Crippen LogP contribution in [0.3, 0.4) is 0 Å². The monoisotopic (exact) mass is 1050 g/mol. The molecule has 390 valence electrons. The van der Waals surface area contributed by atoms with E-state index in [2.05, 4.69) is 305 Å². The Labute approximate surface area is 483 Å². The quantitative estimate of drug-likeness (QED) is 0.142. The number of hydrogen-bond donors (Lipinski definition) is 0. The molecule has 0 aromatic heterocycles. The summed E-state index contributed by atoms with van der Waals surface area (Å²) in [6.07, 6.45) is 5.42. The van der Waals surface area contributed by atoms with E-state index in [1.54, 1.807) is 11.1 Å². The number of hydrogen-bond acceptors (Lipinski definition) is 0. The first-order chi connectivity index (χ1) is 40.5. The van der Waals surface area contributed by atoms with Gasteiger partial charge in [-0.05, 0) is 146 Å². The van der Waals surface area contributed by atoms with Gasteiger partial charge in [0.15, 0.2) is 0 Å². The number of rotatable bonds is 0. The maximum absolute atomic E-state index is 2.35. The van der Waals surface area contributed by atoms with Crippen molar-refractivity contribution in [2.24, 2.45) is 0 Å². The summed E-state index contributed by atoms with van der Waals surface area (Å²) < 4.78 is 0. The van der Waals surface area contributed by atoms with E-state index in [1.807, 2.05) is 0 Å². The Bertz CT molecular complexity index is 3860.